The molecule has 5 rings (SSSR count). The number of aromatic nitrogens is 3. The maximum absolute atomic E-state index is 14.8. The van der Waals surface area contributed by atoms with Crippen molar-refractivity contribution >= 4 is 62.8 Å². The van der Waals surface area contributed by atoms with Gasteiger partial charge in [0.25, 0.3) is 0 Å². The van der Waals surface area contributed by atoms with Gasteiger partial charge in [-0.05, 0) is 60.7 Å². The molecule has 0 radical (unpaired) electrons. The van der Waals surface area contributed by atoms with E-state index >= 15 is 0 Å². The van der Waals surface area contributed by atoms with Crippen LogP contribution in [0.25, 0.3) is 22.2 Å². The first kappa shape index (κ1) is 29.6. The molecule has 0 spiro atoms. The molecule has 9 nitrogen and oxygen atoms in total. The lowest BCUT2D eigenvalue weighted by Gasteiger charge is -2.45. The Kier molecular flexibility index (Phi) is 8.02. The van der Waals surface area contributed by atoms with E-state index in [9.17, 15) is 22.8 Å². The first-order valence-electron chi connectivity index (χ1n) is 12.8. The zero-order valence-electron chi connectivity index (χ0n) is 22.5. The smallest absolute Gasteiger partial charge is 0.384 e. The fraction of sp³-hybridized carbons (Fsp3) is 0.407. The Morgan fingerprint density at radius 2 is 1.95 bits per heavy atom. The van der Waals surface area contributed by atoms with E-state index in [0.717, 1.165) is 6.07 Å². The van der Waals surface area contributed by atoms with Gasteiger partial charge in [-0.15, -0.1) is 11.8 Å². The Morgan fingerprint density at radius 1 is 1.27 bits per heavy atom. The Hall–Kier alpha value is -2.85. The number of methoxy groups -OCH3 is 1. The number of nitrogens with zero attached hydrogens (tertiary/aromatic N) is 5. The summed E-state index contributed by atoms with van der Waals surface area (Å²) in [6.07, 6.45) is -3.50. The van der Waals surface area contributed by atoms with Crippen molar-refractivity contribution in [3.8, 4) is 11.3 Å². The highest BCUT2D eigenvalue weighted by molar-refractivity contribution is 14.1. The number of alkyl halides is 3. The van der Waals surface area contributed by atoms with Gasteiger partial charge in [-0.3, -0.25) is 9.36 Å². The minimum atomic E-state index is -4.74. The number of benzene rings is 1. The lowest BCUT2D eigenvalue weighted by atomic mass is 9.98. The van der Waals surface area contributed by atoms with Crippen molar-refractivity contribution in [1.29, 1.82) is 0 Å². The van der Waals surface area contributed by atoms with Gasteiger partial charge in [-0.1, -0.05) is 6.58 Å². The predicted molar refractivity (Wildman–Crippen MR) is 161 cm³/mol. The lowest BCUT2D eigenvalue weighted by Crippen LogP contribution is -2.58. The van der Waals surface area contributed by atoms with Crippen LogP contribution in [-0.2, 0) is 15.7 Å². The van der Waals surface area contributed by atoms with Crippen LogP contribution < -0.4 is 16.3 Å². The topological polar surface area (TPSA) is 107 Å². The Labute approximate surface area is 252 Å². The Balaban J connectivity index is 1.84. The molecule has 0 bridgehead atoms. The van der Waals surface area contributed by atoms with Gasteiger partial charge in [0.05, 0.1) is 29.4 Å². The van der Waals surface area contributed by atoms with Gasteiger partial charge in [0.2, 0.25) is 5.91 Å². The predicted octanol–water partition coefficient (Wildman–Crippen LogP) is 4.57. The van der Waals surface area contributed by atoms with Gasteiger partial charge in [-0.2, -0.15) is 18.2 Å². The number of hydrogen-bond acceptors (Lipinski definition) is 8. The number of anilines is 2. The molecule has 1 aromatic carbocycles. The second-order valence-corrected chi connectivity index (χ2v) is 12.3. The zero-order chi connectivity index (χ0) is 29.8. The summed E-state index contributed by atoms with van der Waals surface area (Å²) in [5.74, 6) is 0.307. The Morgan fingerprint density at radius 3 is 2.56 bits per heavy atom. The van der Waals surface area contributed by atoms with Crippen LogP contribution in [0, 0.1) is 3.57 Å². The number of amides is 1. The van der Waals surface area contributed by atoms with Crippen LogP contribution in [0.2, 0.25) is 0 Å². The number of rotatable bonds is 5. The van der Waals surface area contributed by atoms with Gasteiger partial charge in [-0.25, -0.2) is 9.78 Å². The van der Waals surface area contributed by atoms with Crippen LogP contribution in [0.1, 0.15) is 25.5 Å². The van der Waals surface area contributed by atoms with Crippen molar-refractivity contribution in [3.05, 3.63) is 50.5 Å². The van der Waals surface area contributed by atoms with Crippen molar-refractivity contribution in [2.45, 2.75) is 43.0 Å². The average Bonchev–Trinajstić information content (AvgIpc) is 2.91. The molecule has 0 unspecified atom stereocenters. The van der Waals surface area contributed by atoms with Crippen LogP contribution in [-0.4, -0.2) is 70.0 Å². The third kappa shape index (κ3) is 5.18. The third-order valence-electron chi connectivity index (χ3n) is 7.35. The van der Waals surface area contributed by atoms with E-state index < -0.39 is 23.5 Å². The van der Waals surface area contributed by atoms with Crippen molar-refractivity contribution in [2.75, 3.05) is 43.2 Å². The number of carbonyl (C=O) groups is 1. The molecule has 0 aliphatic carbocycles. The van der Waals surface area contributed by atoms with Gasteiger partial charge in [0.1, 0.15) is 11.6 Å². The number of halogens is 4. The number of nitrogen functional groups attached to an aromatic ring is 1. The highest BCUT2D eigenvalue weighted by Crippen LogP contribution is 2.50. The van der Waals surface area contributed by atoms with Crippen molar-refractivity contribution in [3.63, 3.8) is 0 Å². The first-order chi connectivity index (χ1) is 19.4. The first-order valence-corrected chi connectivity index (χ1v) is 14.9. The second-order valence-electron chi connectivity index (χ2n) is 10.1. The molecule has 1 amide bonds. The molecule has 2 aliphatic heterocycles. The number of carbonyl (C=O) groups excluding carboxylic acids is 1. The third-order valence-corrected chi connectivity index (χ3v) is 9.45. The lowest BCUT2D eigenvalue weighted by molar-refractivity contribution is -0.137. The van der Waals surface area contributed by atoms with Crippen molar-refractivity contribution < 1.29 is 22.7 Å². The standard InChI is InChI=1S/C27H28F3IN6O3S/c1-5-20(38)36-13(2)9-35(10-14(36)3)25-16-8-17(27(28,29)30)21(22-18(31)6-7-19(32)33-22)24-23(16)37(26(39)34-25)15(11-40-4)12-41-24/h5-8,13-15H,1,9-12H2,2-4H3,(H2,32,33)/t13-,14+,15-/m0/s1. The fourth-order valence-electron chi connectivity index (χ4n) is 5.77. The molecular formula is C27H28F3IN6O3S. The highest BCUT2D eigenvalue weighted by atomic mass is 127. The molecule has 2 aliphatic rings. The largest absolute Gasteiger partial charge is 0.417 e. The normalized spacial score (nSPS) is 20.9. The van der Waals surface area contributed by atoms with Crippen LogP contribution in [0.3, 0.4) is 0 Å². The van der Waals surface area contributed by atoms with Crippen LogP contribution in [0.5, 0.6) is 0 Å². The second kappa shape index (κ2) is 11.1. The summed E-state index contributed by atoms with van der Waals surface area (Å²) in [7, 11) is 1.51. The summed E-state index contributed by atoms with van der Waals surface area (Å²) in [6.45, 7) is 8.00. The van der Waals surface area contributed by atoms with Crippen LogP contribution in [0.4, 0.5) is 24.8 Å². The van der Waals surface area contributed by atoms with E-state index in [0.29, 0.717) is 19.7 Å². The molecule has 41 heavy (non-hydrogen) atoms. The van der Waals surface area contributed by atoms with E-state index in [1.165, 1.54) is 35.6 Å². The SMILES string of the molecule is C=CC(=O)N1[C@H](C)CN(c2nc(=O)n3c4c(c(-c5nc(N)ccc5I)c(C(F)(F)F)cc24)SC[C@@H]3COC)C[C@@H]1C. The zero-order valence-corrected chi connectivity index (χ0v) is 25.5. The van der Waals surface area contributed by atoms with Gasteiger partial charge < -0.3 is 20.3 Å². The molecule has 0 saturated carbocycles. The monoisotopic (exact) mass is 700 g/mol. The minimum absolute atomic E-state index is 0.0848. The van der Waals surface area contributed by atoms with E-state index in [-0.39, 0.29) is 66.0 Å². The quantitative estimate of drug-likeness (QED) is 0.305. The number of pyridine rings is 1. The number of nitrogens with two attached hydrogens (primary N) is 1. The number of hydrogen-bond donors (Lipinski definition) is 1. The summed E-state index contributed by atoms with van der Waals surface area (Å²) < 4.78 is 51.8. The maximum Gasteiger partial charge on any atom is 0.417 e. The molecule has 4 heterocycles. The van der Waals surface area contributed by atoms with Gasteiger partial charge in [0.15, 0.2) is 0 Å². The molecule has 3 aromatic rings. The molecule has 14 heteroatoms. The minimum Gasteiger partial charge on any atom is -0.384 e. The van der Waals surface area contributed by atoms with E-state index in [2.05, 4.69) is 16.5 Å². The maximum atomic E-state index is 14.8. The molecule has 2 N–H and O–H groups in total. The molecule has 218 valence electrons. The molecular weight excluding hydrogens is 672 g/mol. The van der Waals surface area contributed by atoms with Crippen molar-refractivity contribution in [2.24, 2.45) is 0 Å². The molecule has 3 atom stereocenters. The number of thioether (sulfide) groups is 1. The molecule has 1 saturated heterocycles. The van der Waals surface area contributed by atoms with Gasteiger partial charge >= 0.3 is 11.9 Å². The van der Waals surface area contributed by atoms with E-state index in [1.54, 1.807) is 15.9 Å². The molecule has 1 fully saturated rings. The number of ether oxygens (including phenoxy) is 1. The fourth-order valence-corrected chi connectivity index (χ4v) is 7.64. The summed E-state index contributed by atoms with van der Waals surface area (Å²) in [5.41, 5.74) is 4.79. The van der Waals surface area contributed by atoms with Crippen molar-refractivity contribution in [1.82, 2.24) is 19.4 Å². The summed E-state index contributed by atoms with van der Waals surface area (Å²) in [6, 6.07) is 3.18. The molecule has 2 aromatic heterocycles. The summed E-state index contributed by atoms with van der Waals surface area (Å²) >= 11 is 3.18. The van der Waals surface area contributed by atoms with E-state index in [1.807, 2.05) is 36.4 Å². The van der Waals surface area contributed by atoms with Crippen LogP contribution in [0.15, 0.2) is 40.5 Å². The van der Waals surface area contributed by atoms with Crippen LogP contribution >= 0.6 is 34.4 Å². The summed E-state index contributed by atoms with van der Waals surface area (Å²) in [5, 5.41) is 0.200. The number of piperazine rings is 1. The summed E-state index contributed by atoms with van der Waals surface area (Å²) in [4.78, 5) is 38.6. The highest BCUT2D eigenvalue weighted by Gasteiger charge is 2.41. The van der Waals surface area contributed by atoms with E-state index in [4.69, 9.17) is 10.5 Å². The average molecular weight is 701 g/mol. The Bertz CT molecular complexity index is 1600. The van der Waals surface area contributed by atoms with Gasteiger partial charge in [0, 0.05) is 57.5 Å².